The van der Waals surface area contributed by atoms with Crippen LogP contribution < -0.4 is 9.47 Å². The standard InChI is InChI=1S/C21H32O4/c1-4-7-8-9-10-11-19-16-20(24-14-12-22-5-2)18-21(17-19)25-15-13-23-6-3/h16-18H,4-9,12-15H2,1-3H3. The van der Waals surface area contributed by atoms with E-state index < -0.39 is 0 Å². The van der Waals surface area contributed by atoms with Crippen molar-refractivity contribution >= 4 is 0 Å². The lowest BCUT2D eigenvalue weighted by Gasteiger charge is -2.11. The van der Waals surface area contributed by atoms with Crippen LogP contribution in [0.15, 0.2) is 18.2 Å². The third-order valence-corrected chi connectivity index (χ3v) is 3.42. The SMILES string of the molecule is CCCCCC#Cc1cc(OCCOCC)cc(OCCOCC)c1. The Bertz CT molecular complexity index is 486. The first kappa shape index (κ1) is 21.3. The molecule has 0 aliphatic carbocycles. The number of ether oxygens (including phenoxy) is 4. The van der Waals surface area contributed by atoms with Gasteiger partial charge in [-0.3, -0.25) is 0 Å². The number of benzene rings is 1. The molecule has 0 amide bonds. The molecule has 0 bridgehead atoms. The fourth-order valence-electron chi connectivity index (χ4n) is 2.16. The van der Waals surface area contributed by atoms with Crippen LogP contribution in [0.3, 0.4) is 0 Å². The van der Waals surface area contributed by atoms with Crippen molar-refractivity contribution in [3.8, 4) is 23.3 Å². The molecule has 0 aromatic heterocycles. The van der Waals surface area contributed by atoms with Gasteiger partial charge in [0.15, 0.2) is 0 Å². The van der Waals surface area contributed by atoms with Gasteiger partial charge in [0.1, 0.15) is 24.7 Å². The lowest BCUT2D eigenvalue weighted by Crippen LogP contribution is -2.08. The van der Waals surface area contributed by atoms with Gasteiger partial charge in [-0.2, -0.15) is 0 Å². The molecule has 0 fully saturated rings. The van der Waals surface area contributed by atoms with Gasteiger partial charge in [0.2, 0.25) is 0 Å². The highest BCUT2D eigenvalue weighted by atomic mass is 16.5. The Kier molecular flexibility index (Phi) is 12.5. The van der Waals surface area contributed by atoms with Crippen molar-refractivity contribution in [3.63, 3.8) is 0 Å². The maximum absolute atomic E-state index is 5.76. The van der Waals surface area contributed by atoms with Gasteiger partial charge in [0, 0.05) is 31.3 Å². The van der Waals surface area contributed by atoms with Gasteiger partial charge < -0.3 is 18.9 Å². The van der Waals surface area contributed by atoms with Gasteiger partial charge in [0.25, 0.3) is 0 Å². The van der Waals surface area contributed by atoms with Gasteiger partial charge in [-0.15, -0.1) is 0 Å². The van der Waals surface area contributed by atoms with Crippen molar-refractivity contribution in [1.82, 2.24) is 0 Å². The number of unbranched alkanes of at least 4 members (excludes halogenated alkanes) is 3. The summed E-state index contributed by atoms with van der Waals surface area (Å²) < 4.78 is 22.1. The molecule has 1 aromatic carbocycles. The summed E-state index contributed by atoms with van der Waals surface area (Å²) in [5.74, 6) is 7.96. The molecule has 0 N–H and O–H groups in total. The van der Waals surface area contributed by atoms with Crippen LogP contribution in [0.1, 0.15) is 52.0 Å². The van der Waals surface area contributed by atoms with Gasteiger partial charge in [-0.05, 0) is 32.4 Å². The molecule has 0 saturated carbocycles. The van der Waals surface area contributed by atoms with Crippen LogP contribution in [0.25, 0.3) is 0 Å². The molecule has 0 saturated heterocycles. The minimum atomic E-state index is 0.513. The van der Waals surface area contributed by atoms with Gasteiger partial charge in [0.05, 0.1) is 13.2 Å². The summed E-state index contributed by atoms with van der Waals surface area (Å²) in [6.07, 6.45) is 4.50. The number of rotatable bonds is 13. The molecule has 140 valence electrons. The first-order chi connectivity index (χ1) is 12.3. The van der Waals surface area contributed by atoms with Crippen LogP contribution in [0.2, 0.25) is 0 Å². The average molecular weight is 348 g/mol. The van der Waals surface area contributed by atoms with E-state index in [-0.39, 0.29) is 0 Å². The van der Waals surface area contributed by atoms with Gasteiger partial charge in [-0.25, -0.2) is 0 Å². The van der Waals surface area contributed by atoms with Crippen LogP contribution in [0, 0.1) is 11.8 Å². The Morgan fingerprint density at radius 1 is 0.760 bits per heavy atom. The highest BCUT2D eigenvalue weighted by molar-refractivity contribution is 5.46. The number of hydrogen-bond acceptors (Lipinski definition) is 4. The minimum Gasteiger partial charge on any atom is -0.491 e. The zero-order valence-electron chi connectivity index (χ0n) is 15.9. The van der Waals surface area contributed by atoms with Crippen molar-refractivity contribution in [2.45, 2.75) is 46.5 Å². The highest BCUT2D eigenvalue weighted by Gasteiger charge is 2.03. The van der Waals surface area contributed by atoms with E-state index in [4.69, 9.17) is 18.9 Å². The molecule has 25 heavy (non-hydrogen) atoms. The first-order valence-electron chi connectivity index (χ1n) is 9.35. The van der Waals surface area contributed by atoms with Crippen molar-refractivity contribution in [2.75, 3.05) is 39.6 Å². The smallest absolute Gasteiger partial charge is 0.124 e. The fourth-order valence-corrected chi connectivity index (χ4v) is 2.16. The zero-order valence-corrected chi connectivity index (χ0v) is 15.9. The molecule has 0 aliphatic heterocycles. The summed E-state index contributed by atoms with van der Waals surface area (Å²) in [6, 6.07) is 5.79. The van der Waals surface area contributed by atoms with Crippen LogP contribution in [-0.2, 0) is 9.47 Å². The van der Waals surface area contributed by atoms with E-state index in [1.165, 1.54) is 12.8 Å². The Morgan fingerprint density at radius 3 is 1.88 bits per heavy atom. The van der Waals surface area contributed by atoms with E-state index in [0.29, 0.717) is 39.6 Å². The predicted molar refractivity (Wildman–Crippen MR) is 101 cm³/mol. The normalized spacial score (nSPS) is 10.2. The molecule has 0 radical (unpaired) electrons. The second-order valence-electron chi connectivity index (χ2n) is 5.54. The summed E-state index contributed by atoms with van der Waals surface area (Å²) in [6.45, 7) is 9.70. The quantitative estimate of drug-likeness (QED) is 0.390. The third-order valence-electron chi connectivity index (χ3n) is 3.42. The van der Waals surface area contributed by atoms with E-state index >= 15 is 0 Å². The lowest BCUT2D eigenvalue weighted by atomic mass is 10.1. The molecular formula is C21H32O4. The Labute approximate surface area is 152 Å². The largest absolute Gasteiger partial charge is 0.491 e. The highest BCUT2D eigenvalue weighted by Crippen LogP contribution is 2.23. The molecule has 4 heteroatoms. The van der Waals surface area contributed by atoms with E-state index in [0.717, 1.165) is 29.9 Å². The third kappa shape index (κ3) is 10.7. The molecule has 4 nitrogen and oxygen atoms in total. The second-order valence-corrected chi connectivity index (χ2v) is 5.54. The second kappa shape index (κ2) is 14.6. The molecule has 0 heterocycles. The summed E-state index contributed by atoms with van der Waals surface area (Å²) in [5.41, 5.74) is 0.914. The van der Waals surface area contributed by atoms with Crippen LogP contribution in [-0.4, -0.2) is 39.6 Å². The Morgan fingerprint density at radius 2 is 1.36 bits per heavy atom. The minimum absolute atomic E-state index is 0.513. The fraction of sp³-hybridized carbons (Fsp3) is 0.619. The molecular weight excluding hydrogens is 316 g/mol. The monoisotopic (exact) mass is 348 g/mol. The van der Waals surface area contributed by atoms with Crippen molar-refractivity contribution < 1.29 is 18.9 Å². The molecule has 0 aliphatic rings. The molecule has 1 rings (SSSR count). The van der Waals surface area contributed by atoms with Gasteiger partial charge >= 0.3 is 0 Å². The maximum Gasteiger partial charge on any atom is 0.124 e. The van der Waals surface area contributed by atoms with Crippen LogP contribution in [0.5, 0.6) is 11.5 Å². The Balaban J connectivity index is 2.67. The summed E-state index contributed by atoms with van der Waals surface area (Å²) in [5, 5.41) is 0. The van der Waals surface area contributed by atoms with Crippen molar-refractivity contribution in [2.24, 2.45) is 0 Å². The summed E-state index contributed by atoms with van der Waals surface area (Å²) >= 11 is 0. The van der Waals surface area contributed by atoms with Crippen molar-refractivity contribution in [1.29, 1.82) is 0 Å². The lowest BCUT2D eigenvalue weighted by molar-refractivity contribution is 0.107. The molecule has 1 aromatic rings. The van der Waals surface area contributed by atoms with E-state index in [9.17, 15) is 0 Å². The number of hydrogen-bond donors (Lipinski definition) is 0. The zero-order chi connectivity index (χ0) is 18.2. The average Bonchev–Trinajstić information content (AvgIpc) is 2.62. The molecule has 0 unspecified atom stereocenters. The topological polar surface area (TPSA) is 36.9 Å². The molecule has 0 spiro atoms. The van der Waals surface area contributed by atoms with Crippen molar-refractivity contribution in [3.05, 3.63) is 23.8 Å². The Hall–Kier alpha value is -1.70. The van der Waals surface area contributed by atoms with E-state index in [1.807, 2.05) is 32.0 Å². The summed E-state index contributed by atoms with van der Waals surface area (Å²) in [4.78, 5) is 0. The predicted octanol–water partition coefficient (Wildman–Crippen LogP) is 4.45. The maximum atomic E-state index is 5.76. The van der Waals surface area contributed by atoms with Crippen LogP contribution >= 0.6 is 0 Å². The van der Waals surface area contributed by atoms with Gasteiger partial charge in [-0.1, -0.05) is 31.6 Å². The van der Waals surface area contributed by atoms with E-state index in [2.05, 4.69) is 18.8 Å². The van der Waals surface area contributed by atoms with E-state index in [1.54, 1.807) is 0 Å². The molecule has 0 atom stereocenters. The summed E-state index contributed by atoms with van der Waals surface area (Å²) in [7, 11) is 0. The van der Waals surface area contributed by atoms with Crippen LogP contribution in [0.4, 0.5) is 0 Å². The first-order valence-corrected chi connectivity index (χ1v) is 9.35.